The highest BCUT2D eigenvalue weighted by Crippen LogP contribution is 2.46. The number of aromatic nitrogens is 1. The molecule has 8 nitrogen and oxygen atoms in total. The Hall–Kier alpha value is -4.37. The number of hydrogen-bond acceptors (Lipinski definition) is 8. The van der Waals surface area contributed by atoms with Crippen LogP contribution < -0.4 is 19.1 Å². The molecule has 1 aliphatic heterocycles. The lowest BCUT2D eigenvalue weighted by atomic mass is 9.95. The quantitative estimate of drug-likeness (QED) is 0.187. The lowest BCUT2D eigenvalue weighted by molar-refractivity contribution is -0.132. The minimum absolute atomic E-state index is 0.0400. The van der Waals surface area contributed by atoms with Gasteiger partial charge in [0.15, 0.2) is 16.6 Å². The van der Waals surface area contributed by atoms with E-state index < -0.39 is 17.7 Å². The first-order valence-corrected chi connectivity index (χ1v) is 12.8. The molecule has 3 aromatic carbocycles. The molecule has 1 aliphatic rings. The summed E-state index contributed by atoms with van der Waals surface area (Å²) in [4.78, 5) is 33.0. The molecule has 1 N–H and O–H groups in total. The van der Waals surface area contributed by atoms with Crippen LogP contribution in [0.2, 0.25) is 0 Å². The lowest BCUT2D eigenvalue weighted by Crippen LogP contribution is -2.29. The van der Waals surface area contributed by atoms with Crippen molar-refractivity contribution in [3.8, 4) is 17.2 Å². The van der Waals surface area contributed by atoms with Gasteiger partial charge in [-0.2, -0.15) is 0 Å². The Morgan fingerprint density at radius 2 is 1.74 bits per heavy atom. The second-order valence-corrected chi connectivity index (χ2v) is 9.72. The number of anilines is 1. The molecule has 5 rings (SSSR count). The number of methoxy groups -OCH3 is 2. The van der Waals surface area contributed by atoms with Crippen molar-refractivity contribution in [3.05, 3.63) is 82.9 Å². The number of carbonyl (C=O) groups is 2. The van der Waals surface area contributed by atoms with Crippen LogP contribution in [0.25, 0.3) is 16.0 Å². The molecule has 1 unspecified atom stereocenters. The molecule has 0 aliphatic carbocycles. The summed E-state index contributed by atoms with van der Waals surface area (Å²) < 4.78 is 17.3. The van der Waals surface area contributed by atoms with Crippen LogP contribution in [-0.4, -0.2) is 42.6 Å². The van der Waals surface area contributed by atoms with Crippen molar-refractivity contribution < 1.29 is 28.9 Å². The molecule has 1 fully saturated rings. The average molecular weight is 531 g/mol. The van der Waals surface area contributed by atoms with Gasteiger partial charge in [-0.3, -0.25) is 14.5 Å². The maximum atomic E-state index is 13.5. The molecule has 0 bridgehead atoms. The van der Waals surface area contributed by atoms with Crippen molar-refractivity contribution in [3.63, 3.8) is 0 Å². The summed E-state index contributed by atoms with van der Waals surface area (Å²) in [6.45, 7) is 4.35. The van der Waals surface area contributed by atoms with Gasteiger partial charge in [0.05, 0.1) is 42.7 Å². The summed E-state index contributed by atoms with van der Waals surface area (Å²) in [5, 5.41) is 11.8. The van der Waals surface area contributed by atoms with E-state index in [9.17, 15) is 14.7 Å². The van der Waals surface area contributed by atoms with Gasteiger partial charge in [-0.05, 0) is 73.5 Å². The van der Waals surface area contributed by atoms with Crippen molar-refractivity contribution >= 4 is 44.1 Å². The van der Waals surface area contributed by atoms with E-state index in [2.05, 4.69) is 4.98 Å². The number of amides is 1. The Labute approximate surface area is 223 Å². The fraction of sp³-hybridized carbons (Fsp3) is 0.207. The Kier molecular flexibility index (Phi) is 6.77. The van der Waals surface area contributed by atoms with Gasteiger partial charge >= 0.3 is 5.91 Å². The number of hydrogen-bond donors (Lipinski definition) is 1. The summed E-state index contributed by atoms with van der Waals surface area (Å²) in [6.07, 6.45) is 0. The number of aryl methyl sites for hydroxylation is 1. The maximum absolute atomic E-state index is 13.5. The first kappa shape index (κ1) is 25.3. The van der Waals surface area contributed by atoms with Crippen LogP contribution >= 0.6 is 11.3 Å². The van der Waals surface area contributed by atoms with E-state index in [0.717, 1.165) is 15.8 Å². The summed E-state index contributed by atoms with van der Waals surface area (Å²) in [5.41, 5.74) is 2.68. The third-order valence-corrected chi connectivity index (χ3v) is 7.36. The maximum Gasteiger partial charge on any atom is 0.301 e. The Morgan fingerprint density at radius 3 is 2.42 bits per heavy atom. The Balaban J connectivity index is 1.71. The molecule has 194 valence electrons. The van der Waals surface area contributed by atoms with E-state index in [1.807, 2.05) is 32.0 Å². The topological polar surface area (TPSA) is 98.2 Å². The minimum atomic E-state index is -0.942. The number of thiazole rings is 1. The number of benzene rings is 3. The number of aliphatic hydroxyl groups is 1. The highest BCUT2D eigenvalue weighted by Gasteiger charge is 2.48. The van der Waals surface area contributed by atoms with Crippen LogP contribution in [0.3, 0.4) is 0 Å². The fourth-order valence-electron chi connectivity index (χ4n) is 4.52. The van der Waals surface area contributed by atoms with E-state index in [1.54, 1.807) is 42.5 Å². The lowest BCUT2D eigenvalue weighted by Gasteiger charge is -2.23. The van der Waals surface area contributed by atoms with Crippen LogP contribution in [0.1, 0.15) is 29.7 Å². The largest absolute Gasteiger partial charge is 0.507 e. The number of fused-ring (bicyclic) bond motifs is 1. The van der Waals surface area contributed by atoms with Crippen LogP contribution in [-0.2, 0) is 9.59 Å². The molecule has 0 saturated carbocycles. The number of carbonyl (C=O) groups excluding carboxylic acids is 2. The number of rotatable bonds is 7. The van der Waals surface area contributed by atoms with E-state index in [4.69, 9.17) is 14.2 Å². The summed E-state index contributed by atoms with van der Waals surface area (Å²) >= 11 is 1.31. The van der Waals surface area contributed by atoms with Gasteiger partial charge < -0.3 is 19.3 Å². The summed E-state index contributed by atoms with van der Waals surface area (Å²) in [6, 6.07) is 16.7. The van der Waals surface area contributed by atoms with Crippen LogP contribution in [0.15, 0.2) is 66.2 Å². The smallest absolute Gasteiger partial charge is 0.301 e. The highest BCUT2D eigenvalue weighted by atomic mass is 32.1. The molecule has 0 spiro atoms. The molecule has 2 heterocycles. The number of Topliss-reactive ketones (excluding diaryl/α,β-unsaturated/α-hetero) is 1. The fourth-order valence-corrected chi connectivity index (χ4v) is 5.61. The molecule has 4 aromatic rings. The van der Waals surface area contributed by atoms with E-state index in [-0.39, 0.29) is 11.3 Å². The van der Waals surface area contributed by atoms with Crippen molar-refractivity contribution in [2.75, 3.05) is 25.7 Å². The van der Waals surface area contributed by atoms with Crippen molar-refractivity contribution in [2.45, 2.75) is 19.9 Å². The molecule has 38 heavy (non-hydrogen) atoms. The van der Waals surface area contributed by atoms with Crippen LogP contribution in [0.5, 0.6) is 17.2 Å². The van der Waals surface area contributed by atoms with Crippen molar-refractivity contribution in [1.82, 2.24) is 4.98 Å². The molecule has 9 heteroatoms. The highest BCUT2D eigenvalue weighted by molar-refractivity contribution is 7.22. The number of nitrogens with zero attached hydrogens (tertiary/aromatic N) is 2. The molecule has 1 saturated heterocycles. The van der Waals surface area contributed by atoms with Gasteiger partial charge in [-0.1, -0.05) is 23.5 Å². The number of ketones is 1. The molecule has 0 radical (unpaired) electrons. The van der Waals surface area contributed by atoms with Crippen molar-refractivity contribution in [1.29, 1.82) is 0 Å². The number of aliphatic hydroxyl groups excluding tert-OH is 1. The molecular formula is C29H26N2O6S. The number of ether oxygens (including phenoxy) is 3. The third-order valence-electron chi connectivity index (χ3n) is 6.35. The van der Waals surface area contributed by atoms with E-state index in [0.29, 0.717) is 40.1 Å². The van der Waals surface area contributed by atoms with Crippen molar-refractivity contribution in [2.24, 2.45) is 0 Å². The first-order chi connectivity index (χ1) is 18.4. The Morgan fingerprint density at radius 1 is 1.00 bits per heavy atom. The average Bonchev–Trinajstić information content (AvgIpc) is 3.45. The summed E-state index contributed by atoms with van der Waals surface area (Å²) in [5.74, 6) is -0.303. The van der Waals surface area contributed by atoms with Gasteiger partial charge in [0, 0.05) is 5.56 Å². The predicted molar refractivity (Wildman–Crippen MR) is 146 cm³/mol. The molecule has 1 atom stereocenters. The minimum Gasteiger partial charge on any atom is -0.507 e. The molecule has 1 amide bonds. The van der Waals surface area contributed by atoms with Gasteiger partial charge in [-0.15, -0.1) is 0 Å². The Bertz CT molecular complexity index is 1570. The van der Waals surface area contributed by atoms with Crippen LogP contribution in [0, 0.1) is 6.92 Å². The molecule has 1 aromatic heterocycles. The van der Waals surface area contributed by atoms with Crippen LogP contribution in [0.4, 0.5) is 5.13 Å². The van der Waals surface area contributed by atoms with E-state index in [1.165, 1.54) is 30.5 Å². The zero-order valence-corrected chi connectivity index (χ0v) is 22.2. The van der Waals surface area contributed by atoms with E-state index >= 15 is 0 Å². The zero-order chi connectivity index (χ0) is 27.0. The monoisotopic (exact) mass is 530 g/mol. The molecular weight excluding hydrogens is 504 g/mol. The predicted octanol–water partition coefficient (Wildman–Crippen LogP) is 5.65. The van der Waals surface area contributed by atoms with Gasteiger partial charge in [0.1, 0.15) is 11.5 Å². The first-order valence-electron chi connectivity index (χ1n) is 12.0. The van der Waals surface area contributed by atoms with Gasteiger partial charge in [0.25, 0.3) is 5.78 Å². The third kappa shape index (κ3) is 4.35. The van der Waals surface area contributed by atoms with Gasteiger partial charge in [0.2, 0.25) is 0 Å². The zero-order valence-electron chi connectivity index (χ0n) is 21.3. The SMILES string of the molecule is CCOc1ccc(/C(O)=C2\C(=O)C(=O)N(c3nc4ccc(C)cc4s3)C2c2ccc(OC)c(OC)c2)cc1. The second-order valence-electron chi connectivity index (χ2n) is 8.71. The standard InChI is InChI=1S/C29H26N2O6S/c1-5-37-19-10-7-17(8-11-19)26(32)24-25(18-9-13-21(35-3)22(15-18)36-4)31(28(34)27(24)33)29-30-20-12-6-16(2)14-23(20)38-29/h6-15,25,32H,5H2,1-4H3/b26-24+. The second kappa shape index (κ2) is 10.2. The summed E-state index contributed by atoms with van der Waals surface area (Å²) in [7, 11) is 3.03. The van der Waals surface area contributed by atoms with Gasteiger partial charge in [-0.25, -0.2) is 4.98 Å². The normalized spacial score (nSPS) is 16.7.